The van der Waals surface area contributed by atoms with E-state index in [4.69, 9.17) is 0 Å². The van der Waals surface area contributed by atoms with Gasteiger partial charge in [-0.3, -0.25) is 14.0 Å². The van der Waals surface area contributed by atoms with E-state index in [1.807, 2.05) is 35.8 Å². The van der Waals surface area contributed by atoms with Gasteiger partial charge in [-0.25, -0.2) is 4.68 Å². The summed E-state index contributed by atoms with van der Waals surface area (Å²) in [6.07, 6.45) is 1.67. The SMILES string of the molecule is CCCc1nn(CC(=O)NC(C)C)c(=O)c2cc3ccsc3n12. The van der Waals surface area contributed by atoms with Crippen LogP contribution in [-0.4, -0.2) is 26.1 Å². The van der Waals surface area contributed by atoms with Crippen molar-refractivity contribution in [3.8, 4) is 0 Å². The molecule has 0 bridgehead atoms. The van der Waals surface area contributed by atoms with Gasteiger partial charge in [0.15, 0.2) is 0 Å². The zero-order valence-electron chi connectivity index (χ0n) is 13.5. The number of nitrogens with one attached hydrogen (secondary N) is 1. The van der Waals surface area contributed by atoms with Gasteiger partial charge < -0.3 is 5.32 Å². The first-order valence-electron chi connectivity index (χ1n) is 7.79. The fourth-order valence-corrected chi connectivity index (χ4v) is 3.61. The number of carbonyl (C=O) groups is 1. The van der Waals surface area contributed by atoms with Crippen LogP contribution >= 0.6 is 11.3 Å². The molecular weight excluding hydrogens is 312 g/mol. The number of rotatable bonds is 5. The molecule has 0 saturated heterocycles. The highest BCUT2D eigenvalue weighted by Gasteiger charge is 2.16. The van der Waals surface area contributed by atoms with Gasteiger partial charge in [0.1, 0.15) is 22.7 Å². The molecule has 0 radical (unpaired) electrons. The van der Waals surface area contributed by atoms with Crippen LogP contribution in [-0.2, 0) is 17.8 Å². The van der Waals surface area contributed by atoms with E-state index in [9.17, 15) is 9.59 Å². The average Bonchev–Trinajstić information content (AvgIpc) is 3.03. The molecule has 0 fully saturated rings. The number of thiophene rings is 1. The second-order valence-corrected chi connectivity index (χ2v) is 6.79. The number of hydrogen-bond acceptors (Lipinski definition) is 4. The Hall–Kier alpha value is -2.15. The molecule has 7 heteroatoms. The molecule has 1 amide bonds. The highest BCUT2D eigenvalue weighted by Crippen LogP contribution is 2.24. The predicted molar refractivity (Wildman–Crippen MR) is 92.1 cm³/mol. The summed E-state index contributed by atoms with van der Waals surface area (Å²) in [5.74, 6) is 0.617. The Morgan fingerprint density at radius 3 is 2.91 bits per heavy atom. The molecule has 0 atom stereocenters. The van der Waals surface area contributed by atoms with Crippen molar-refractivity contribution < 1.29 is 4.79 Å². The Balaban J connectivity index is 2.14. The van der Waals surface area contributed by atoms with E-state index in [0.717, 1.165) is 28.9 Å². The van der Waals surface area contributed by atoms with Crippen LogP contribution in [0.4, 0.5) is 0 Å². The van der Waals surface area contributed by atoms with E-state index in [-0.39, 0.29) is 24.1 Å². The van der Waals surface area contributed by atoms with Crippen molar-refractivity contribution in [1.82, 2.24) is 19.5 Å². The molecule has 3 rings (SSSR count). The number of aryl methyl sites for hydroxylation is 1. The normalized spacial score (nSPS) is 11.7. The third-order valence-electron chi connectivity index (χ3n) is 3.57. The summed E-state index contributed by atoms with van der Waals surface area (Å²) < 4.78 is 3.21. The predicted octanol–water partition coefficient (Wildman–Crippen LogP) is 2.19. The zero-order valence-corrected chi connectivity index (χ0v) is 14.3. The molecule has 3 heterocycles. The van der Waals surface area contributed by atoms with Crippen molar-refractivity contribution in [2.24, 2.45) is 0 Å². The Labute approximate surface area is 137 Å². The number of fused-ring (bicyclic) bond motifs is 3. The summed E-state index contributed by atoms with van der Waals surface area (Å²) in [6, 6.07) is 3.92. The van der Waals surface area contributed by atoms with Gasteiger partial charge in [0.05, 0.1) is 0 Å². The highest BCUT2D eigenvalue weighted by molar-refractivity contribution is 7.16. The summed E-state index contributed by atoms with van der Waals surface area (Å²) in [7, 11) is 0. The molecule has 0 aromatic carbocycles. The summed E-state index contributed by atoms with van der Waals surface area (Å²) in [5.41, 5.74) is 0.356. The number of nitrogens with zero attached hydrogens (tertiary/aromatic N) is 3. The maximum atomic E-state index is 12.7. The van der Waals surface area contributed by atoms with Gasteiger partial charge >= 0.3 is 0 Å². The van der Waals surface area contributed by atoms with Gasteiger partial charge in [0.2, 0.25) is 5.91 Å². The van der Waals surface area contributed by atoms with Crippen molar-refractivity contribution in [3.05, 3.63) is 33.7 Å². The number of amides is 1. The maximum Gasteiger partial charge on any atom is 0.291 e. The first-order chi connectivity index (χ1) is 11.0. The van der Waals surface area contributed by atoms with Crippen LogP contribution in [0.5, 0.6) is 0 Å². The minimum Gasteiger partial charge on any atom is -0.352 e. The maximum absolute atomic E-state index is 12.7. The molecule has 0 aliphatic heterocycles. The summed E-state index contributed by atoms with van der Waals surface area (Å²) in [6.45, 7) is 5.80. The quantitative estimate of drug-likeness (QED) is 0.779. The lowest BCUT2D eigenvalue weighted by molar-refractivity contribution is -0.122. The standard InChI is InChI=1S/C16H20N4O2S/c1-4-5-13-18-19(9-14(21)17-10(2)3)15(22)12-8-11-6-7-23-16(11)20(12)13/h6-8,10H,4-5,9H2,1-3H3,(H,17,21). The molecule has 0 spiro atoms. The fraction of sp³-hybridized carbons (Fsp3) is 0.438. The minimum atomic E-state index is -0.229. The van der Waals surface area contributed by atoms with Crippen LogP contribution in [0.2, 0.25) is 0 Å². The molecule has 0 aliphatic carbocycles. The van der Waals surface area contributed by atoms with Crippen LogP contribution in [0.15, 0.2) is 22.3 Å². The van der Waals surface area contributed by atoms with Crippen LogP contribution in [0.25, 0.3) is 15.7 Å². The lowest BCUT2D eigenvalue weighted by atomic mass is 10.3. The molecule has 23 heavy (non-hydrogen) atoms. The fourth-order valence-electron chi connectivity index (χ4n) is 2.70. The van der Waals surface area contributed by atoms with Crippen LogP contribution < -0.4 is 10.9 Å². The lowest BCUT2D eigenvalue weighted by Gasteiger charge is -2.12. The Kier molecular flexibility index (Phi) is 4.21. The zero-order chi connectivity index (χ0) is 16.6. The van der Waals surface area contributed by atoms with Crippen LogP contribution in [0.3, 0.4) is 0 Å². The number of aromatic nitrogens is 3. The first-order valence-corrected chi connectivity index (χ1v) is 8.67. The molecule has 6 nitrogen and oxygen atoms in total. The molecule has 3 aromatic heterocycles. The average molecular weight is 332 g/mol. The van der Waals surface area contributed by atoms with E-state index in [0.29, 0.717) is 5.52 Å². The van der Waals surface area contributed by atoms with Crippen molar-refractivity contribution in [2.75, 3.05) is 0 Å². The van der Waals surface area contributed by atoms with Crippen LogP contribution in [0, 0.1) is 0 Å². The third kappa shape index (κ3) is 2.88. The molecule has 0 saturated carbocycles. The third-order valence-corrected chi connectivity index (χ3v) is 4.49. The topological polar surface area (TPSA) is 68.4 Å². The van der Waals surface area contributed by atoms with E-state index in [2.05, 4.69) is 17.3 Å². The first kappa shape index (κ1) is 15.7. The van der Waals surface area contributed by atoms with E-state index < -0.39 is 0 Å². The summed E-state index contributed by atoms with van der Waals surface area (Å²) in [4.78, 5) is 25.7. The second kappa shape index (κ2) is 6.16. The largest absolute Gasteiger partial charge is 0.352 e. The summed E-state index contributed by atoms with van der Waals surface area (Å²) in [5, 5.41) is 10.3. The van der Waals surface area contributed by atoms with Crippen molar-refractivity contribution in [3.63, 3.8) is 0 Å². The number of hydrogen-bond donors (Lipinski definition) is 1. The van der Waals surface area contributed by atoms with E-state index in [1.54, 1.807) is 11.3 Å². The second-order valence-electron chi connectivity index (χ2n) is 5.90. The lowest BCUT2D eigenvalue weighted by Crippen LogP contribution is -2.38. The van der Waals surface area contributed by atoms with Gasteiger partial charge in [-0.2, -0.15) is 5.10 Å². The smallest absolute Gasteiger partial charge is 0.291 e. The van der Waals surface area contributed by atoms with Crippen molar-refractivity contribution in [1.29, 1.82) is 0 Å². The Morgan fingerprint density at radius 2 is 2.22 bits per heavy atom. The Morgan fingerprint density at radius 1 is 1.43 bits per heavy atom. The van der Waals surface area contributed by atoms with Crippen molar-refractivity contribution >= 4 is 33.0 Å². The van der Waals surface area contributed by atoms with E-state index in [1.165, 1.54) is 4.68 Å². The van der Waals surface area contributed by atoms with Gasteiger partial charge in [-0.15, -0.1) is 11.3 Å². The number of carbonyl (C=O) groups excluding carboxylic acids is 1. The van der Waals surface area contributed by atoms with Gasteiger partial charge in [-0.05, 0) is 37.8 Å². The molecule has 122 valence electrons. The molecular formula is C16H20N4O2S. The summed E-state index contributed by atoms with van der Waals surface area (Å²) >= 11 is 1.60. The molecule has 0 aliphatic rings. The van der Waals surface area contributed by atoms with Gasteiger partial charge in [0.25, 0.3) is 5.56 Å². The van der Waals surface area contributed by atoms with Crippen molar-refractivity contribution in [2.45, 2.75) is 46.2 Å². The molecule has 0 unspecified atom stereocenters. The minimum absolute atomic E-state index is 0.0377. The van der Waals surface area contributed by atoms with Crippen LogP contribution in [0.1, 0.15) is 33.0 Å². The highest BCUT2D eigenvalue weighted by atomic mass is 32.1. The molecule has 1 N–H and O–H groups in total. The van der Waals surface area contributed by atoms with Gasteiger partial charge in [-0.1, -0.05) is 6.92 Å². The molecule has 3 aromatic rings. The monoisotopic (exact) mass is 332 g/mol. The van der Waals surface area contributed by atoms with Gasteiger partial charge in [0, 0.05) is 17.8 Å². The van der Waals surface area contributed by atoms with E-state index >= 15 is 0 Å². The Bertz CT molecular complexity index is 919.